The van der Waals surface area contributed by atoms with Crippen molar-refractivity contribution in [2.75, 3.05) is 27.2 Å². The number of carbonyl (C=O) groups is 1. The second-order valence-electron chi connectivity index (χ2n) is 5.19. The second kappa shape index (κ2) is 5.64. The first kappa shape index (κ1) is 13.5. The van der Waals surface area contributed by atoms with Gasteiger partial charge in [-0.1, -0.05) is 6.92 Å². The van der Waals surface area contributed by atoms with Gasteiger partial charge in [-0.2, -0.15) is 0 Å². The molecule has 0 bridgehead atoms. The van der Waals surface area contributed by atoms with Crippen LogP contribution < -0.4 is 5.73 Å². The number of nitrogens with two attached hydrogens (primary N) is 1. The van der Waals surface area contributed by atoms with Crippen molar-refractivity contribution in [3.8, 4) is 0 Å². The van der Waals surface area contributed by atoms with Crippen LogP contribution in [0.4, 0.5) is 0 Å². The summed E-state index contributed by atoms with van der Waals surface area (Å²) in [6, 6.07) is 0.435. The Labute approximate surface area is 98.8 Å². The van der Waals surface area contributed by atoms with Crippen LogP contribution >= 0.6 is 0 Å². The van der Waals surface area contributed by atoms with Crippen molar-refractivity contribution in [1.82, 2.24) is 9.80 Å². The van der Waals surface area contributed by atoms with E-state index in [1.807, 2.05) is 18.7 Å². The van der Waals surface area contributed by atoms with Crippen LogP contribution in [-0.2, 0) is 4.79 Å². The van der Waals surface area contributed by atoms with Gasteiger partial charge in [0.2, 0.25) is 5.91 Å². The predicted molar refractivity (Wildman–Crippen MR) is 66.1 cm³/mol. The third kappa shape index (κ3) is 3.19. The zero-order chi connectivity index (χ0) is 12.3. The van der Waals surface area contributed by atoms with Gasteiger partial charge in [0.05, 0.1) is 5.92 Å². The largest absolute Gasteiger partial charge is 0.341 e. The minimum atomic E-state index is -0.0686. The molecule has 1 aliphatic rings. The fourth-order valence-electron chi connectivity index (χ4n) is 2.09. The van der Waals surface area contributed by atoms with Crippen molar-refractivity contribution in [2.24, 2.45) is 11.7 Å². The lowest BCUT2D eigenvalue weighted by Crippen LogP contribution is -2.50. The molecular weight excluding hydrogens is 202 g/mol. The van der Waals surface area contributed by atoms with E-state index in [9.17, 15) is 4.79 Å². The summed E-state index contributed by atoms with van der Waals surface area (Å²) in [6.07, 6.45) is 2.28. The predicted octanol–water partition coefficient (Wildman–Crippen LogP) is 0.522. The molecule has 1 amide bonds. The Kier molecular flexibility index (Phi) is 4.74. The molecule has 0 aromatic heterocycles. The molecule has 3 atom stereocenters. The fraction of sp³-hybridized carbons (Fsp3) is 0.917. The van der Waals surface area contributed by atoms with Crippen LogP contribution in [0.15, 0.2) is 0 Å². The standard InChI is InChI=1S/C12H25N3O/c1-9(10(2)13)12(16)15-7-5-6-11(8-15)14(3)4/h9-11H,5-8,13H2,1-4H3. The Bertz CT molecular complexity index is 240. The van der Waals surface area contributed by atoms with Gasteiger partial charge in [0, 0.05) is 25.2 Å². The molecule has 1 fully saturated rings. The van der Waals surface area contributed by atoms with E-state index in [1.165, 1.54) is 6.42 Å². The van der Waals surface area contributed by atoms with Gasteiger partial charge in [-0.15, -0.1) is 0 Å². The lowest BCUT2D eigenvalue weighted by atomic mass is 9.99. The first-order valence-corrected chi connectivity index (χ1v) is 6.14. The van der Waals surface area contributed by atoms with Crippen LogP contribution in [0.2, 0.25) is 0 Å². The van der Waals surface area contributed by atoms with E-state index in [4.69, 9.17) is 5.73 Å². The van der Waals surface area contributed by atoms with Crippen molar-refractivity contribution in [1.29, 1.82) is 0 Å². The first-order valence-electron chi connectivity index (χ1n) is 6.14. The SMILES string of the molecule is CC(N)C(C)C(=O)N1CCCC(N(C)C)C1. The smallest absolute Gasteiger partial charge is 0.227 e. The quantitative estimate of drug-likeness (QED) is 0.765. The number of carbonyl (C=O) groups excluding carboxylic acids is 1. The van der Waals surface area contributed by atoms with E-state index in [1.54, 1.807) is 0 Å². The first-order chi connectivity index (χ1) is 7.43. The molecule has 0 radical (unpaired) electrons. The molecule has 2 N–H and O–H groups in total. The molecule has 0 aromatic rings. The summed E-state index contributed by atoms with van der Waals surface area (Å²) >= 11 is 0. The minimum absolute atomic E-state index is 0.0627. The van der Waals surface area contributed by atoms with E-state index < -0.39 is 0 Å². The number of piperidine rings is 1. The van der Waals surface area contributed by atoms with Gasteiger partial charge in [-0.3, -0.25) is 4.79 Å². The lowest BCUT2D eigenvalue weighted by Gasteiger charge is -2.37. The van der Waals surface area contributed by atoms with Crippen molar-refractivity contribution in [2.45, 2.75) is 38.8 Å². The highest BCUT2D eigenvalue weighted by Gasteiger charge is 2.28. The average molecular weight is 227 g/mol. The van der Waals surface area contributed by atoms with Gasteiger partial charge < -0.3 is 15.5 Å². The number of hydrogen-bond acceptors (Lipinski definition) is 3. The number of amides is 1. The number of nitrogens with zero attached hydrogens (tertiary/aromatic N) is 2. The molecule has 3 unspecified atom stereocenters. The Morgan fingerprint density at radius 2 is 2.06 bits per heavy atom. The van der Waals surface area contributed by atoms with E-state index in [-0.39, 0.29) is 17.9 Å². The van der Waals surface area contributed by atoms with Crippen LogP contribution in [0, 0.1) is 5.92 Å². The molecule has 94 valence electrons. The molecule has 1 heterocycles. The molecule has 4 heteroatoms. The molecular formula is C12H25N3O. The van der Waals surface area contributed by atoms with Gasteiger partial charge in [0.15, 0.2) is 0 Å². The molecule has 0 aliphatic carbocycles. The summed E-state index contributed by atoms with van der Waals surface area (Å²) in [4.78, 5) is 16.3. The molecule has 1 saturated heterocycles. The lowest BCUT2D eigenvalue weighted by molar-refractivity contribution is -0.137. The van der Waals surface area contributed by atoms with Crippen LogP contribution in [0.3, 0.4) is 0 Å². The molecule has 4 nitrogen and oxygen atoms in total. The molecule has 0 aromatic carbocycles. The number of hydrogen-bond donors (Lipinski definition) is 1. The molecule has 1 rings (SSSR count). The summed E-state index contributed by atoms with van der Waals surface area (Å²) in [5, 5.41) is 0. The maximum absolute atomic E-state index is 12.1. The maximum atomic E-state index is 12.1. The van der Waals surface area contributed by atoms with Gasteiger partial charge in [-0.05, 0) is 33.9 Å². The molecule has 16 heavy (non-hydrogen) atoms. The van der Waals surface area contributed by atoms with Crippen LogP contribution in [-0.4, -0.2) is 55.0 Å². The van der Waals surface area contributed by atoms with E-state index in [0.29, 0.717) is 6.04 Å². The van der Waals surface area contributed by atoms with E-state index in [2.05, 4.69) is 19.0 Å². The Hall–Kier alpha value is -0.610. The monoisotopic (exact) mass is 227 g/mol. The van der Waals surface area contributed by atoms with Crippen molar-refractivity contribution in [3.63, 3.8) is 0 Å². The van der Waals surface area contributed by atoms with Gasteiger partial charge in [0.1, 0.15) is 0 Å². The third-order valence-electron chi connectivity index (χ3n) is 3.62. The summed E-state index contributed by atoms with van der Waals surface area (Å²) in [6.45, 7) is 5.56. The summed E-state index contributed by atoms with van der Waals surface area (Å²) in [5.41, 5.74) is 5.78. The van der Waals surface area contributed by atoms with Crippen molar-refractivity contribution < 1.29 is 4.79 Å². The zero-order valence-corrected chi connectivity index (χ0v) is 10.9. The maximum Gasteiger partial charge on any atom is 0.227 e. The normalized spacial score (nSPS) is 25.6. The minimum Gasteiger partial charge on any atom is -0.341 e. The Morgan fingerprint density at radius 3 is 2.56 bits per heavy atom. The summed E-state index contributed by atoms with van der Waals surface area (Å²) < 4.78 is 0. The zero-order valence-electron chi connectivity index (χ0n) is 10.9. The van der Waals surface area contributed by atoms with E-state index >= 15 is 0 Å². The van der Waals surface area contributed by atoms with Gasteiger partial charge >= 0.3 is 0 Å². The molecule has 0 spiro atoms. The third-order valence-corrected chi connectivity index (χ3v) is 3.62. The van der Waals surface area contributed by atoms with Gasteiger partial charge in [0.25, 0.3) is 0 Å². The van der Waals surface area contributed by atoms with Gasteiger partial charge in [-0.25, -0.2) is 0 Å². The molecule has 1 aliphatic heterocycles. The van der Waals surface area contributed by atoms with Crippen LogP contribution in [0.1, 0.15) is 26.7 Å². The van der Waals surface area contributed by atoms with E-state index in [0.717, 1.165) is 19.5 Å². The topological polar surface area (TPSA) is 49.6 Å². The van der Waals surface area contributed by atoms with Crippen molar-refractivity contribution >= 4 is 5.91 Å². The highest BCUT2D eigenvalue weighted by molar-refractivity contribution is 5.79. The second-order valence-corrected chi connectivity index (χ2v) is 5.19. The number of rotatable bonds is 3. The van der Waals surface area contributed by atoms with Crippen LogP contribution in [0.5, 0.6) is 0 Å². The summed E-state index contributed by atoms with van der Waals surface area (Å²) in [5.74, 6) is 0.141. The number of likely N-dealkylation sites (N-methyl/N-ethyl adjacent to an activating group) is 1. The van der Waals surface area contributed by atoms with Crippen LogP contribution in [0.25, 0.3) is 0 Å². The highest BCUT2D eigenvalue weighted by Crippen LogP contribution is 2.16. The average Bonchev–Trinajstić information content (AvgIpc) is 2.27. The number of likely N-dealkylation sites (tertiary alicyclic amines) is 1. The van der Waals surface area contributed by atoms with Crippen molar-refractivity contribution in [3.05, 3.63) is 0 Å². The highest BCUT2D eigenvalue weighted by atomic mass is 16.2. The summed E-state index contributed by atoms with van der Waals surface area (Å²) in [7, 11) is 4.15. The Morgan fingerprint density at radius 1 is 1.44 bits per heavy atom. The Balaban J connectivity index is 2.56. The fourth-order valence-corrected chi connectivity index (χ4v) is 2.09. The molecule has 0 saturated carbocycles.